The molecule has 1 unspecified atom stereocenters. The van der Waals surface area contributed by atoms with E-state index in [-0.39, 0.29) is 5.92 Å². The second-order valence-electron chi connectivity index (χ2n) is 8.73. The molecule has 0 rings (SSSR count). The van der Waals surface area contributed by atoms with Crippen molar-refractivity contribution in [2.75, 3.05) is 13.2 Å². The molecule has 0 aliphatic carbocycles. The molecule has 0 aliphatic rings. The summed E-state index contributed by atoms with van der Waals surface area (Å²) in [4.78, 5) is 0. The van der Waals surface area contributed by atoms with Crippen LogP contribution in [0.2, 0.25) is 0 Å². The van der Waals surface area contributed by atoms with Crippen molar-refractivity contribution in [2.45, 2.75) is 136 Å². The van der Waals surface area contributed by atoms with Gasteiger partial charge in [0.1, 0.15) is 0 Å². The van der Waals surface area contributed by atoms with Crippen LogP contribution in [0.15, 0.2) is 12.7 Å². The molecule has 0 aromatic heterocycles. The topological polar surface area (TPSA) is 27.7 Å². The van der Waals surface area contributed by atoms with Crippen molar-refractivity contribution in [3.8, 4) is 0 Å². The Morgan fingerprint density at radius 1 is 0.667 bits per heavy atom. The normalized spacial score (nSPS) is 13.0. The molecule has 0 bridgehead atoms. The van der Waals surface area contributed by atoms with Crippen molar-refractivity contribution in [1.29, 1.82) is 0 Å². The summed E-state index contributed by atoms with van der Waals surface area (Å²) in [6.07, 6.45) is 23.1. The Balaban J connectivity index is 4.64. The van der Waals surface area contributed by atoms with Gasteiger partial charge in [0.15, 0.2) is 10.5 Å². The van der Waals surface area contributed by atoms with Gasteiger partial charge in [-0.25, -0.2) is 0 Å². The first-order valence-corrected chi connectivity index (χ1v) is 14.0. The highest BCUT2D eigenvalue weighted by atomic mass is 28.2. The number of ether oxygens (including phenoxy) is 2. The van der Waals surface area contributed by atoms with E-state index < -0.39 is 5.97 Å². The third-order valence-electron chi connectivity index (χ3n) is 5.99. The highest BCUT2D eigenvalue weighted by molar-refractivity contribution is 5.98. The molecule has 0 spiro atoms. The summed E-state index contributed by atoms with van der Waals surface area (Å²) in [5.74, 6) is -0.806. The zero-order valence-electron chi connectivity index (χ0n) is 21.0. The maximum atomic E-state index is 6.36. The number of hydrogen-bond donors (Lipinski definition) is 0. The van der Waals surface area contributed by atoms with Gasteiger partial charge in [-0.2, -0.15) is 0 Å². The van der Waals surface area contributed by atoms with Crippen LogP contribution < -0.4 is 0 Å². The van der Waals surface area contributed by atoms with Crippen LogP contribution in [0.5, 0.6) is 0 Å². The second kappa shape index (κ2) is 22.0. The molecule has 0 heterocycles. The van der Waals surface area contributed by atoms with Crippen molar-refractivity contribution in [3.63, 3.8) is 0 Å². The van der Waals surface area contributed by atoms with Crippen molar-refractivity contribution in [1.82, 2.24) is 0 Å². The number of hydrogen-bond acceptors (Lipinski definition) is 3. The van der Waals surface area contributed by atoms with Crippen LogP contribution in [0, 0.1) is 5.92 Å². The first-order valence-electron chi connectivity index (χ1n) is 13.2. The van der Waals surface area contributed by atoms with Gasteiger partial charge in [0.2, 0.25) is 0 Å². The maximum Gasteiger partial charge on any atom is 0.279 e. The number of unbranched alkanes of at least 4 members (excludes halogenated alkanes) is 13. The van der Waals surface area contributed by atoms with E-state index in [2.05, 4.69) is 27.4 Å². The van der Waals surface area contributed by atoms with Crippen molar-refractivity contribution in [2.24, 2.45) is 5.92 Å². The Morgan fingerprint density at radius 2 is 1.07 bits per heavy atom. The highest BCUT2D eigenvalue weighted by Crippen LogP contribution is 2.31. The summed E-state index contributed by atoms with van der Waals surface area (Å²) >= 11 is 0. The minimum absolute atomic E-state index is 0.104. The molecule has 0 aliphatic heterocycles. The van der Waals surface area contributed by atoms with E-state index in [1.807, 2.05) is 6.08 Å². The molecule has 0 amide bonds. The quantitative estimate of drug-likeness (QED) is 0.0671. The fourth-order valence-corrected chi connectivity index (χ4v) is 4.49. The van der Waals surface area contributed by atoms with Crippen molar-refractivity contribution < 1.29 is 13.9 Å². The van der Waals surface area contributed by atoms with E-state index >= 15 is 0 Å². The molecule has 30 heavy (non-hydrogen) atoms. The summed E-state index contributed by atoms with van der Waals surface area (Å²) in [6.45, 7) is 12.3. The molecule has 0 aromatic rings. The smallest absolute Gasteiger partial charge is 0.279 e. The van der Waals surface area contributed by atoms with Gasteiger partial charge in [0, 0.05) is 0 Å². The SMILES string of the molecule is C=CC(CCCCCC)C(O[SiH3])(OCCCCCCCC)OCCCCCCCC. The molecule has 180 valence electrons. The van der Waals surface area contributed by atoms with Crippen LogP contribution in [0.4, 0.5) is 0 Å². The van der Waals surface area contributed by atoms with Crippen LogP contribution in [-0.4, -0.2) is 29.7 Å². The molecule has 0 aromatic carbocycles. The van der Waals surface area contributed by atoms with E-state index in [1.165, 1.54) is 89.9 Å². The van der Waals surface area contributed by atoms with E-state index in [1.54, 1.807) is 0 Å². The summed E-state index contributed by atoms with van der Waals surface area (Å²) in [7, 11) is 0.602. The van der Waals surface area contributed by atoms with Gasteiger partial charge in [-0.1, -0.05) is 117 Å². The van der Waals surface area contributed by atoms with Gasteiger partial charge in [0.25, 0.3) is 5.97 Å². The predicted molar refractivity (Wildman–Crippen MR) is 135 cm³/mol. The van der Waals surface area contributed by atoms with Crippen molar-refractivity contribution >= 4 is 10.5 Å². The number of rotatable bonds is 24. The lowest BCUT2D eigenvalue weighted by Crippen LogP contribution is -2.46. The zero-order chi connectivity index (χ0) is 22.3. The molecule has 3 nitrogen and oxygen atoms in total. The first-order chi connectivity index (χ1) is 14.7. The van der Waals surface area contributed by atoms with Crippen molar-refractivity contribution in [3.05, 3.63) is 12.7 Å². The zero-order valence-corrected chi connectivity index (χ0v) is 23.0. The lowest BCUT2D eigenvalue weighted by molar-refractivity contribution is -0.364. The summed E-state index contributed by atoms with van der Waals surface area (Å²) in [6, 6.07) is 0. The van der Waals surface area contributed by atoms with Gasteiger partial charge in [-0.3, -0.25) is 0 Å². The van der Waals surface area contributed by atoms with E-state index in [4.69, 9.17) is 13.9 Å². The van der Waals surface area contributed by atoms with E-state index in [9.17, 15) is 0 Å². The molecular formula is C26H54O3Si. The predicted octanol–water partition coefficient (Wildman–Crippen LogP) is 7.46. The minimum Gasteiger partial charge on any atom is -0.380 e. The van der Waals surface area contributed by atoms with Crippen LogP contribution >= 0.6 is 0 Å². The van der Waals surface area contributed by atoms with Gasteiger partial charge in [0.05, 0.1) is 19.1 Å². The Morgan fingerprint density at radius 3 is 1.47 bits per heavy atom. The maximum absolute atomic E-state index is 6.36. The third kappa shape index (κ3) is 14.8. The van der Waals surface area contributed by atoms with Gasteiger partial charge in [-0.05, 0) is 19.3 Å². The van der Waals surface area contributed by atoms with Crippen LogP contribution in [0.1, 0.15) is 130 Å². The van der Waals surface area contributed by atoms with Crippen LogP contribution in [0.25, 0.3) is 0 Å². The summed E-state index contributed by atoms with van der Waals surface area (Å²) in [5.41, 5.74) is 0. The largest absolute Gasteiger partial charge is 0.380 e. The first kappa shape index (κ1) is 29.8. The van der Waals surface area contributed by atoms with E-state index in [0.29, 0.717) is 23.7 Å². The van der Waals surface area contributed by atoms with Crippen LogP contribution in [0.3, 0.4) is 0 Å². The van der Waals surface area contributed by atoms with E-state index in [0.717, 1.165) is 19.3 Å². The lowest BCUT2D eigenvalue weighted by atomic mass is 9.98. The Bertz CT molecular complexity index is 344. The average Bonchev–Trinajstić information content (AvgIpc) is 2.77. The molecule has 0 radical (unpaired) electrons. The molecule has 1 atom stereocenters. The van der Waals surface area contributed by atoms with Gasteiger partial charge >= 0.3 is 0 Å². The molecule has 0 saturated heterocycles. The molecule has 0 saturated carbocycles. The Hall–Kier alpha value is -0.163. The monoisotopic (exact) mass is 442 g/mol. The van der Waals surface area contributed by atoms with Gasteiger partial charge in [-0.15, -0.1) is 6.58 Å². The highest BCUT2D eigenvalue weighted by Gasteiger charge is 2.39. The molecule has 0 N–H and O–H groups in total. The summed E-state index contributed by atoms with van der Waals surface area (Å²) in [5, 5.41) is 0. The van der Waals surface area contributed by atoms with Crippen LogP contribution in [-0.2, 0) is 13.9 Å². The lowest BCUT2D eigenvalue weighted by Gasteiger charge is -2.38. The summed E-state index contributed by atoms with van der Waals surface area (Å²) < 4.78 is 18.8. The standard InChI is InChI=1S/C26H54O3Si/c1-5-9-12-15-17-20-23-27-26(29-30,25(8-4)22-19-14-11-7-3)28-24-21-18-16-13-10-6-2/h8,25H,4-7,9-24H2,1-3,30H3. The Labute approximate surface area is 192 Å². The molecule has 4 heteroatoms. The second-order valence-corrected chi connectivity index (χ2v) is 9.14. The minimum atomic E-state index is -0.910. The third-order valence-corrected chi connectivity index (χ3v) is 6.56. The molecule has 0 fully saturated rings. The Kier molecular flexibility index (Phi) is 21.9. The molecular weight excluding hydrogens is 388 g/mol. The fraction of sp³-hybridized carbons (Fsp3) is 0.923. The average molecular weight is 443 g/mol. The fourth-order valence-electron chi connectivity index (χ4n) is 3.95. The van der Waals surface area contributed by atoms with Gasteiger partial charge < -0.3 is 13.9 Å².